The van der Waals surface area contributed by atoms with E-state index in [4.69, 9.17) is 11.6 Å². The maximum absolute atomic E-state index is 12.1. The van der Waals surface area contributed by atoms with E-state index in [9.17, 15) is 4.79 Å². The highest BCUT2D eigenvalue weighted by Crippen LogP contribution is 2.14. The molecule has 0 bridgehead atoms. The Labute approximate surface area is 132 Å². The summed E-state index contributed by atoms with van der Waals surface area (Å²) in [6, 6.07) is 8.02. The third-order valence-corrected chi connectivity index (χ3v) is 4.25. The quantitative estimate of drug-likeness (QED) is 0.750. The van der Waals surface area contributed by atoms with Crippen LogP contribution in [0.1, 0.15) is 38.2 Å². The summed E-state index contributed by atoms with van der Waals surface area (Å²) in [5.41, 5.74) is 1.24. The van der Waals surface area contributed by atoms with Crippen molar-refractivity contribution < 1.29 is 4.79 Å². The monoisotopic (exact) mass is 308 g/mol. The van der Waals surface area contributed by atoms with Crippen LogP contribution in [0.2, 0.25) is 5.02 Å². The zero-order valence-corrected chi connectivity index (χ0v) is 13.6. The zero-order valence-electron chi connectivity index (χ0n) is 12.9. The molecule has 116 valence electrons. The summed E-state index contributed by atoms with van der Waals surface area (Å²) in [5.74, 6) is 0.325. The Hall–Kier alpha value is -1.06. The average Bonchev–Trinajstić information content (AvgIpc) is 2.48. The molecule has 2 rings (SSSR count). The van der Waals surface area contributed by atoms with Crippen LogP contribution < -0.4 is 0 Å². The molecule has 0 unspecified atom stereocenters. The smallest absolute Gasteiger partial charge is 0.222 e. The first-order valence-corrected chi connectivity index (χ1v) is 8.31. The summed E-state index contributed by atoms with van der Waals surface area (Å²) >= 11 is 6.02. The molecule has 0 spiro atoms. The second-order valence-electron chi connectivity index (χ2n) is 5.74. The molecule has 1 aliphatic rings. The highest BCUT2D eigenvalue weighted by molar-refractivity contribution is 6.30. The minimum absolute atomic E-state index is 0.325. The molecule has 3 nitrogen and oxygen atoms in total. The van der Waals surface area contributed by atoms with E-state index >= 15 is 0 Å². The van der Waals surface area contributed by atoms with Gasteiger partial charge in [-0.1, -0.05) is 43.5 Å². The Morgan fingerprint density at radius 1 is 1.19 bits per heavy atom. The fourth-order valence-corrected chi connectivity index (χ4v) is 2.95. The summed E-state index contributed by atoms with van der Waals surface area (Å²) in [6.45, 7) is 6.69. The Balaban J connectivity index is 1.74. The van der Waals surface area contributed by atoms with Crippen LogP contribution in [0.3, 0.4) is 0 Å². The standard InChI is InChI=1S/C17H25ClN2O/c1-2-3-4-8-17(21)20-11-9-19(10-12-20)14-15-6-5-7-16(18)13-15/h5-7,13H,2-4,8-12,14H2,1H3. The molecule has 0 N–H and O–H groups in total. The Kier molecular flexibility index (Phi) is 6.52. The van der Waals surface area contributed by atoms with Gasteiger partial charge in [0.25, 0.3) is 0 Å². The number of amides is 1. The number of hydrogen-bond donors (Lipinski definition) is 0. The van der Waals surface area contributed by atoms with Crippen LogP contribution in [0.25, 0.3) is 0 Å². The number of nitrogens with zero attached hydrogens (tertiary/aromatic N) is 2. The van der Waals surface area contributed by atoms with E-state index in [-0.39, 0.29) is 0 Å². The van der Waals surface area contributed by atoms with Crippen molar-refractivity contribution in [1.29, 1.82) is 0 Å². The summed E-state index contributed by atoms with van der Waals surface area (Å²) in [4.78, 5) is 16.5. The SMILES string of the molecule is CCCCCC(=O)N1CCN(Cc2cccc(Cl)c2)CC1. The van der Waals surface area contributed by atoms with Crippen molar-refractivity contribution in [3.8, 4) is 0 Å². The van der Waals surface area contributed by atoms with Gasteiger partial charge in [-0.3, -0.25) is 9.69 Å². The van der Waals surface area contributed by atoms with Crippen LogP contribution >= 0.6 is 11.6 Å². The number of benzene rings is 1. The van der Waals surface area contributed by atoms with Gasteiger partial charge in [-0.25, -0.2) is 0 Å². The van der Waals surface area contributed by atoms with E-state index in [1.54, 1.807) is 0 Å². The molecular weight excluding hydrogens is 284 g/mol. The molecule has 4 heteroatoms. The van der Waals surface area contributed by atoms with Crippen LogP contribution in [0.15, 0.2) is 24.3 Å². The normalized spacial score (nSPS) is 16.2. The third-order valence-electron chi connectivity index (χ3n) is 4.01. The summed E-state index contributed by atoms with van der Waals surface area (Å²) in [5, 5.41) is 0.789. The Morgan fingerprint density at radius 3 is 2.62 bits per heavy atom. The maximum Gasteiger partial charge on any atom is 0.222 e. The van der Waals surface area contributed by atoms with Crippen molar-refractivity contribution in [1.82, 2.24) is 9.80 Å². The second-order valence-corrected chi connectivity index (χ2v) is 6.18. The molecular formula is C17H25ClN2O. The van der Waals surface area contributed by atoms with E-state index < -0.39 is 0 Å². The van der Waals surface area contributed by atoms with Gasteiger partial charge < -0.3 is 4.90 Å². The van der Waals surface area contributed by atoms with Crippen LogP contribution in [-0.4, -0.2) is 41.9 Å². The molecule has 1 fully saturated rings. The van der Waals surface area contributed by atoms with Crippen LogP contribution in [0.5, 0.6) is 0 Å². The van der Waals surface area contributed by atoms with Gasteiger partial charge in [0.2, 0.25) is 5.91 Å². The van der Waals surface area contributed by atoms with Gasteiger partial charge >= 0.3 is 0 Å². The Bertz CT molecular complexity index is 456. The lowest BCUT2D eigenvalue weighted by molar-refractivity contribution is -0.133. The number of unbranched alkanes of at least 4 members (excludes halogenated alkanes) is 2. The lowest BCUT2D eigenvalue weighted by atomic mass is 10.1. The van der Waals surface area contributed by atoms with Crippen molar-refractivity contribution in [2.45, 2.75) is 39.2 Å². The van der Waals surface area contributed by atoms with Gasteiger partial charge in [-0.15, -0.1) is 0 Å². The molecule has 1 aliphatic heterocycles. The Morgan fingerprint density at radius 2 is 1.95 bits per heavy atom. The van der Waals surface area contributed by atoms with Crippen LogP contribution in [-0.2, 0) is 11.3 Å². The largest absolute Gasteiger partial charge is 0.340 e. The second kappa shape index (κ2) is 8.40. The summed E-state index contributed by atoms with van der Waals surface area (Å²) in [7, 11) is 0. The molecule has 1 amide bonds. The third kappa shape index (κ3) is 5.33. The number of halogens is 1. The average molecular weight is 309 g/mol. The first kappa shape index (κ1) is 16.3. The number of rotatable bonds is 6. The molecule has 0 atom stereocenters. The lowest BCUT2D eigenvalue weighted by Crippen LogP contribution is -2.48. The van der Waals surface area contributed by atoms with Crippen molar-refractivity contribution in [3.05, 3.63) is 34.9 Å². The number of carbonyl (C=O) groups is 1. The number of carbonyl (C=O) groups excluding carboxylic acids is 1. The molecule has 0 radical (unpaired) electrons. The fraction of sp³-hybridized carbons (Fsp3) is 0.588. The highest BCUT2D eigenvalue weighted by Gasteiger charge is 2.20. The van der Waals surface area contributed by atoms with Crippen molar-refractivity contribution in [2.24, 2.45) is 0 Å². The first-order chi connectivity index (χ1) is 10.2. The number of hydrogen-bond acceptors (Lipinski definition) is 2. The van der Waals surface area contributed by atoms with E-state index in [0.29, 0.717) is 12.3 Å². The van der Waals surface area contributed by atoms with Crippen molar-refractivity contribution in [3.63, 3.8) is 0 Å². The van der Waals surface area contributed by atoms with Gasteiger partial charge in [0.15, 0.2) is 0 Å². The van der Waals surface area contributed by atoms with Gasteiger partial charge in [0, 0.05) is 44.2 Å². The summed E-state index contributed by atoms with van der Waals surface area (Å²) in [6.07, 6.45) is 4.06. The first-order valence-electron chi connectivity index (χ1n) is 7.93. The molecule has 1 aromatic carbocycles. The minimum Gasteiger partial charge on any atom is -0.340 e. The minimum atomic E-state index is 0.325. The van der Waals surface area contributed by atoms with E-state index in [2.05, 4.69) is 17.9 Å². The van der Waals surface area contributed by atoms with E-state index in [0.717, 1.165) is 50.6 Å². The van der Waals surface area contributed by atoms with Gasteiger partial charge in [0.05, 0.1) is 0 Å². The van der Waals surface area contributed by atoms with Crippen molar-refractivity contribution in [2.75, 3.05) is 26.2 Å². The predicted molar refractivity (Wildman–Crippen MR) is 87.5 cm³/mol. The molecule has 21 heavy (non-hydrogen) atoms. The lowest BCUT2D eigenvalue weighted by Gasteiger charge is -2.34. The molecule has 0 aromatic heterocycles. The molecule has 0 aliphatic carbocycles. The molecule has 0 saturated carbocycles. The van der Waals surface area contributed by atoms with Gasteiger partial charge in [-0.05, 0) is 24.1 Å². The van der Waals surface area contributed by atoms with E-state index in [1.807, 2.05) is 23.1 Å². The van der Waals surface area contributed by atoms with E-state index in [1.165, 1.54) is 12.0 Å². The number of piperazine rings is 1. The molecule has 1 aromatic rings. The maximum atomic E-state index is 12.1. The van der Waals surface area contributed by atoms with Gasteiger partial charge in [-0.2, -0.15) is 0 Å². The topological polar surface area (TPSA) is 23.6 Å². The molecule has 1 saturated heterocycles. The predicted octanol–water partition coefficient (Wildman–Crippen LogP) is 3.56. The van der Waals surface area contributed by atoms with Crippen LogP contribution in [0.4, 0.5) is 0 Å². The summed E-state index contributed by atoms with van der Waals surface area (Å²) < 4.78 is 0. The van der Waals surface area contributed by atoms with Crippen LogP contribution in [0, 0.1) is 0 Å². The molecule has 1 heterocycles. The zero-order chi connectivity index (χ0) is 15.1. The van der Waals surface area contributed by atoms with Gasteiger partial charge in [0.1, 0.15) is 0 Å². The fourth-order valence-electron chi connectivity index (χ4n) is 2.73. The van der Waals surface area contributed by atoms with Crippen molar-refractivity contribution >= 4 is 17.5 Å². The highest BCUT2D eigenvalue weighted by atomic mass is 35.5.